The molecule has 2 atom stereocenters. The molecular weight excluding hydrogens is 370 g/mol. The van der Waals surface area contributed by atoms with E-state index in [2.05, 4.69) is 6.92 Å². The maximum atomic E-state index is 12.9. The van der Waals surface area contributed by atoms with Crippen molar-refractivity contribution in [1.82, 2.24) is 0 Å². The molecule has 0 N–H and O–H groups in total. The lowest BCUT2D eigenvalue weighted by Crippen LogP contribution is -2.27. The number of carbonyl (C=O) groups is 1. The highest BCUT2D eigenvalue weighted by Crippen LogP contribution is 2.33. The Balaban J connectivity index is 1.69. The Morgan fingerprint density at radius 3 is 2.36 bits per heavy atom. The summed E-state index contributed by atoms with van der Waals surface area (Å²) in [4.78, 5) is 17.7. The second kappa shape index (κ2) is 10.4. The van der Waals surface area contributed by atoms with Crippen molar-refractivity contribution in [3.63, 3.8) is 0 Å². The average molecular weight is 398 g/mol. The Hall–Kier alpha value is -2.13. The number of halogens is 1. The van der Waals surface area contributed by atoms with E-state index in [1.807, 2.05) is 54.6 Å². The molecule has 0 bridgehead atoms. The summed E-state index contributed by atoms with van der Waals surface area (Å²) in [5, 5.41) is 0.671. The van der Waals surface area contributed by atoms with Gasteiger partial charge >= 0.3 is 0 Å². The third-order valence-electron chi connectivity index (χ3n) is 5.11. The SMILES string of the molecule is CCCCCCCCC(=O)C1OC(c2ccccc2)=NC1c1ccc(Cl)cc1. The summed E-state index contributed by atoms with van der Waals surface area (Å²) in [6.07, 6.45) is 6.93. The fourth-order valence-electron chi connectivity index (χ4n) is 3.51. The largest absolute Gasteiger partial charge is 0.463 e. The summed E-state index contributed by atoms with van der Waals surface area (Å²) >= 11 is 6.03. The van der Waals surface area contributed by atoms with Crippen molar-refractivity contribution in [3.05, 3.63) is 70.7 Å². The molecule has 4 heteroatoms. The fraction of sp³-hybridized carbons (Fsp3) is 0.417. The number of carbonyl (C=O) groups excluding carboxylic acids is 1. The Morgan fingerprint density at radius 2 is 1.64 bits per heavy atom. The number of unbranched alkanes of at least 4 members (excludes halogenated alkanes) is 5. The number of benzene rings is 2. The molecule has 0 fully saturated rings. The van der Waals surface area contributed by atoms with Crippen molar-refractivity contribution in [2.75, 3.05) is 0 Å². The minimum atomic E-state index is -0.563. The van der Waals surface area contributed by atoms with E-state index < -0.39 is 6.10 Å². The smallest absolute Gasteiger partial charge is 0.217 e. The van der Waals surface area contributed by atoms with Crippen LogP contribution in [-0.2, 0) is 9.53 Å². The average Bonchev–Trinajstić information content (AvgIpc) is 3.17. The Bertz CT molecular complexity index is 786. The van der Waals surface area contributed by atoms with Gasteiger partial charge < -0.3 is 4.74 Å². The maximum Gasteiger partial charge on any atom is 0.217 e. The number of ketones is 1. The molecule has 0 amide bonds. The van der Waals surface area contributed by atoms with Crippen molar-refractivity contribution >= 4 is 23.3 Å². The van der Waals surface area contributed by atoms with Crippen LogP contribution in [0.3, 0.4) is 0 Å². The number of nitrogens with zero attached hydrogens (tertiary/aromatic N) is 1. The van der Waals surface area contributed by atoms with Crippen LogP contribution in [0, 0.1) is 0 Å². The molecule has 2 aromatic carbocycles. The summed E-state index contributed by atoms with van der Waals surface area (Å²) in [6, 6.07) is 17.0. The van der Waals surface area contributed by atoms with Gasteiger partial charge in [0, 0.05) is 17.0 Å². The molecule has 0 radical (unpaired) electrons. The second-order valence-electron chi connectivity index (χ2n) is 7.32. The van der Waals surface area contributed by atoms with Gasteiger partial charge in [-0.15, -0.1) is 0 Å². The first-order chi connectivity index (χ1) is 13.7. The second-order valence-corrected chi connectivity index (χ2v) is 7.76. The first kappa shape index (κ1) is 20.6. The van der Waals surface area contributed by atoms with E-state index >= 15 is 0 Å². The van der Waals surface area contributed by atoms with Crippen molar-refractivity contribution < 1.29 is 9.53 Å². The summed E-state index contributed by atoms with van der Waals surface area (Å²) in [7, 11) is 0. The molecule has 0 saturated carbocycles. The summed E-state index contributed by atoms with van der Waals surface area (Å²) in [6.45, 7) is 2.21. The lowest BCUT2D eigenvalue weighted by Gasteiger charge is -2.17. The van der Waals surface area contributed by atoms with Crippen LogP contribution in [0.2, 0.25) is 5.02 Å². The molecule has 2 aromatic rings. The van der Waals surface area contributed by atoms with E-state index in [9.17, 15) is 4.79 Å². The van der Waals surface area contributed by atoms with Gasteiger partial charge in [-0.25, -0.2) is 4.99 Å². The lowest BCUT2D eigenvalue weighted by atomic mass is 9.96. The van der Waals surface area contributed by atoms with Gasteiger partial charge in [-0.3, -0.25) is 4.79 Å². The van der Waals surface area contributed by atoms with Gasteiger partial charge in [-0.1, -0.05) is 81.0 Å². The van der Waals surface area contributed by atoms with Crippen LogP contribution in [0.5, 0.6) is 0 Å². The summed E-state index contributed by atoms with van der Waals surface area (Å²) < 4.78 is 6.07. The van der Waals surface area contributed by atoms with Gasteiger partial charge in [0.15, 0.2) is 11.9 Å². The Morgan fingerprint density at radius 1 is 0.964 bits per heavy atom. The third kappa shape index (κ3) is 5.45. The van der Waals surface area contributed by atoms with Crippen molar-refractivity contribution in [2.45, 2.75) is 64.0 Å². The van der Waals surface area contributed by atoms with Crippen LogP contribution in [0.25, 0.3) is 0 Å². The van der Waals surface area contributed by atoms with E-state index in [1.54, 1.807) is 0 Å². The highest BCUT2D eigenvalue weighted by atomic mass is 35.5. The zero-order valence-electron chi connectivity index (χ0n) is 16.4. The predicted molar refractivity (Wildman–Crippen MR) is 115 cm³/mol. The summed E-state index contributed by atoms with van der Waals surface area (Å²) in [5.74, 6) is 0.673. The van der Waals surface area contributed by atoms with E-state index in [1.165, 1.54) is 25.7 Å². The maximum absolute atomic E-state index is 12.9. The van der Waals surface area contributed by atoms with Crippen LogP contribution < -0.4 is 0 Å². The molecule has 0 aliphatic carbocycles. The molecule has 148 valence electrons. The zero-order chi connectivity index (χ0) is 19.8. The van der Waals surface area contributed by atoms with Gasteiger partial charge in [0.2, 0.25) is 5.90 Å². The molecule has 1 heterocycles. The quantitative estimate of drug-likeness (QED) is 0.426. The Labute approximate surface area is 172 Å². The topological polar surface area (TPSA) is 38.7 Å². The van der Waals surface area contributed by atoms with Crippen LogP contribution >= 0.6 is 11.6 Å². The van der Waals surface area contributed by atoms with Crippen molar-refractivity contribution in [2.24, 2.45) is 4.99 Å². The number of rotatable bonds is 10. The molecule has 3 nitrogen and oxygen atoms in total. The normalized spacial score (nSPS) is 18.6. The van der Waals surface area contributed by atoms with Crippen LogP contribution in [0.15, 0.2) is 59.6 Å². The van der Waals surface area contributed by atoms with Crippen LogP contribution in [-0.4, -0.2) is 17.8 Å². The van der Waals surface area contributed by atoms with Gasteiger partial charge in [0.05, 0.1) is 0 Å². The monoisotopic (exact) mass is 397 g/mol. The van der Waals surface area contributed by atoms with Gasteiger partial charge in [-0.05, 0) is 36.2 Å². The molecule has 28 heavy (non-hydrogen) atoms. The third-order valence-corrected chi connectivity index (χ3v) is 5.36. The van der Waals surface area contributed by atoms with Gasteiger partial charge in [-0.2, -0.15) is 0 Å². The predicted octanol–water partition coefficient (Wildman–Crippen LogP) is 6.55. The molecular formula is C24H28ClNO2. The Kier molecular flexibility index (Phi) is 7.67. The standard InChI is InChI=1S/C24H28ClNO2/c1-2-3-4-5-6-10-13-21(27)23-22(18-14-16-20(25)17-15-18)26-24(28-23)19-11-8-7-9-12-19/h7-9,11-12,14-17,22-23H,2-6,10,13H2,1H3. The van der Waals surface area contributed by atoms with Crippen LogP contribution in [0.4, 0.5) is 0 Å². The minimum absolute atomic E-state index is 0.130. The number of ether oxygens (including phenoxy) is 1. The van der Waals surface area contributed by atoms with Crippen molar-refractivity contribution in [1.29, 1.82) is 0 Å². The van der Waals surface area contributed by atoms with E-state index in [0.29, 0.717) is 17.3 Å². The molecule has 0 spiro atoms. The van der Waals surface area contributed by atoms with E-state index in [4.69, 9.17) is 21.3 Å². The van der Waals surface area contributed by atoms with Gasteiger partial charge in [0.1, 0.15) is 6.04 Å². The van der Waals surface area contributed by atoms with Crippen molar-refractivity contribution in [3.8, 4) is 0 Å². The zero-order valence-corrected chi connectivity index (χ0v) is 17.2. The number of aliphatic imine (C=N–C) groups is 1. The molecule has 0 aromatic heterocycles. The lowest BCUT2D eigenvalue weighted by molar-refractivity contribution is -0.126. The molecule has 1 aliphatic rings. The first-order valence-corrected chi connectivity index (χ1v) is 10.6. The van der Waals surface area contributed by atoms with Gasteiger partial charge in [0.25, 0.3) is 0 Å². The highest BCUT2D eigenvalue weighted by molar-refractivity contribution is 6.30. The highest BCUT2D eigenvalue weighted by Gasteiger charge is 2.37. The molecule has 3 rings (SSSR count). The molecule has 2 unspecified atom stereocenters. The fourth-order valence-corrected chi connectivity index (χ4v) is 3.63. The van der Waals surface area contributed by atoms with Crippen LogP contribution in [0.1, 0.15) is 69.0 Å². The van der Waals surface area contributed by atoms with E-state index in [0.717, 1.165) is 24.0 Å². The molecule has 1 aliphatic heterocycles. The number of Topliss-reactive ketones (excluding diaryl/α,β-unsaturated/α-hetero) is 1. The van der Waals surface area contributed by atoms with E-state index in [-0.39, 0.29) is 11.8 Å². The first-order valence-electron chi connectivity index (χ1n) is 10.3. The number of hydrogen-bond acceptors (Lipinski definition) is 3. The molecule has 0 saturated heterocycles. The minimum Gasteiger partial charge on any atom is -0.463 e. The number of hydrogen-bond donors (Lipinski definition) is 0. The summed E-state index contributed by atoms with van der Waals surface area (Å²) in [5.41, 5.74) is 1.85.